The highest BCUT2D eigenvalue weighted by atomic mass is 35.5. The van der Waals surface area contributed by atoms with Crippen molar-refractivity contribution >= 4 is 46.6 Å². The van der Waals surface area contributed by atoms with E-state index in [1.54, 1.807) is 18.0 Å². The van der Waals surface area contributed by atoms with E-state index < -0.39 is 0 Å². The molecule has 0 bridgehead atoms. The highest BCUT2D eigenvalue weighted by Gasteiger charge is 2.28. The van der Waals surface area contributed by atoms with Gasteiger partial charge in [-0.05, 0) is 56.0 Å². The van der Waals surface area contributed by atoms with E-state index in [0.29, 0.717) is 10.0 Å². The number of imidazole rings is 1. The van der Waals surface area contributed by atoms with E-state index >= 15 is 0 Å². The number of aryl methyl sites for hydroxylation is 1. The van der Waals surface area contributed by atoms with Crippen molar-refractivity contribution in [1.29, 1.82) is 0 Å². The Kier molecular flexibility index (Phi) is 7.16. The summed E-state index contributed by atoms with van der Waals surface area (Å²) in [4.78, 5) is 5.11. The lowest BCUT2D eigenvalue weighted by atomic mass is 10.00. The first-order valence-electron chi connectivity index (χ1n) is 8.78. The Morgan fingerprint density at radius 1 is 1.04 bits per heavy atom. The normalized spacial score (nSPS) is 13.5. The van der Waals surface area contributed by atoms with Crippen molar-refractivity contribution in [2.24, 2.45) is 0 Å². The van der Waals surface area contributed by atoms with E-state index in [2.05, 4.69) is 28.6 Å². The molecular weight excluding hydrogens is 419 g/mol. The zero-order valence-electron chi connectivity index (χ0n) is 15.0. The van der Waals surface area contributed by atoms with Crippen LogP contribution in [0.1, 0.15) is 25.3 Å². The number of rotatable bonds is 8. The molecule has 3 aromatic rings. The zero-order valence-corrected chi connectivity index (χ0v) is 18.1. The molecule has 0 saturated carbocycles. The fourth-order valence-electron chi connectivity index (χ4n) is 3.07. The maximum atomic E-state index is 6.43. The molecule has 2 nitrogen and oxygen atoms in total. The summed E-state index contributed by atoms with van der Waals surface area (Å²) in [6.07, 6.45) is 8.73. The number of thioether (sulfide) groups is 1. The van der Waals surface area contributed by atoms with Gasteiger partial charge in [0.15, 0.2) is 0 Å². The van der Waals surface area contributed by atoms with Crippen molar-refractivity contribution in [3.63, 3.8) is 0 Å². The van der Waals surface area contributed by atoms with Gasteiger partial charge in [0.05, 0.1) is 16.4 Å². The Hall–Kier alpha value is -1.13. The quantitative estimate of drug-likeness (QED) is 0.340. The molecular formula is C21H21Cl3N2S. The van der Waals surface area contributed by atoms with Crippen LogP contribution in [0.5, 0.6) is 0 Å². The monoisotopic (exact) mass is 438 g/mol. The van der Waals surface area contributed by atoms with Gasteiger partial charge in [-0.2, -0.15) is 0 Å². The van der Waals surface area contributed by atoms with Crippen molar-refractivity contribution in [3.8, 4) is 0 Å². The Morgan fingerprint density at radius 2 is 1.74 bits per heavy atom. The summed E-state index contributed by atoms with van der Waals surface area (Å²) < 4.78 is 2.04. The highest BCUT2D eigenvalue weighted by Crippen LogP contribution is 2.44. The molecule has 142 valence electrons. The van der Waals surface area contributed by atoms with Crippen molar-refractivity contribution in [2.75, 3.05) is 0 Å². The number of nitrogens with zero attached hydrogens (tertiary/aromatic N) is 2. The molecule has 0 aliphatic heterocycles. The van der Waals surface area contributed by atoms with Crippen LogP contribution >= 0.6 is 46.6 Å². The SMILES string of the molecule is CC(CCCc1ccc(Cl)cc1)(Cn1ccnc1)Sc1c(Cl)cccc1Cl. The maximum Gasteiger partial charge on any atom is 0.0946 e. The van der Waals surface area contributed by atoms with E-state index in [9.17, 15) is 0 Å². The van der Waals surface area contributed by atoms with Crippen molar-refractivity contribution in [1.82, 2.24) is 9.55 Å². The molecule has 3 rings (SSSR count). The van der Waals surface area contributed by atoms with Crippen LogP contribution < -0.4 is 0 Å². The molecule has 0 radical (unpaired) electrons. The molecule has 0 spiro atoms. The first-order chi connectivity index (χ1) is 13.0. The summed E-state index contributed by atoms with van der Waals surface area (Å²) in [5.74, 6) is 0. The Balaban J connectivity index is 1.74. The Labute approximate surface area is 179 Å². The molecule has 0 aliphatic rings. The standard InChI is InChI=1S/C21H21Cl3N2S/c1-21(14-26-13-12-25-15-26,27-20-18(23)5-2-6-19(20)24)11-3-4-16-7-9-17(22)10-8-16/h2,5-10,12-13,15H,3-4,11,14H2,1H3. The molecule has 0 amide bonds. The van der Waals surface area contributed by atoms with Crippen LogP contribution in [-0.4, -0.2) is 14.3 Å². The van der Waals surface area contributed by atoms with Gasteiger partial charge < -0.3 is 4.57 Å². The topological polar surface area (TPSA) is 17.8 Å². The van der Waals surface area contributed by atoms with E-state index in [1.807, 2.05) is 42.9 Å². The second kappa shape index (κ2) is 9.38. The smallest absolute Gasteiger partial charge is 0.0946 e. The third kappa shape index (κ3) is 5.92. The van der Waals surface area contributed by atoms with Gasteiger partial charge in [0.25, 0.3) is 0 Å². The van der Waals surface area contributed by atoms with E-state index in [-0.39, 0.29) is 4.75 Å². The van der Waals surface area contributed by atoms with Crippen molar-refractivity contribution < 1.29 is 0 Å². The molecule has 2 aromatic carbocycles. The number of hydrogen-bond donors (Lipinski definition) is 0. The minimum atomic E-state index is -0.0677. The predicted octanol–water partition coefficient (Wildman–Crippen LogP) is 7.42. The van der Waals surface area contributed by atoms with Gasteiger partial charge in [-0.3, -0.25) is 0 Å². The molecule has 0 aliphatic carbocycles. The number of halogens is 3. The second-order valence-electron chi connectivity index (χ2n) is 6.82. The third-order valence-corrected chi connectivity index (χ3v) is 7.00. The van der Waals surface area contributed by atoms with E-state index in [0.717, 1.165) is 35.7 Å². The number of hydrogen-bond acceptors (Lipinski definition) is 2. The van der Waals surface area contributed by atoms with Crippen molar-refractivity contribution in [3.05, 3.63) is 81.8 Å². The van der Waals surface area contributed by atoms with Gasteiger partial charge in [0.1, 0.15) is 0 Å². The van der Waals surface area contributed by atoms with Gasteiger partial charge in [0, 0.05) is 33.6 Å². The molecule has 1 heterocycles. The van der Waals surface area contributed by atoms with Crippen LogP contribution in [0.2, 0.25) is 15.1 Å². The fourth-order valence-corrected chi connectivity index (χ4v) is 5.11. The average Bonchev–Trinajstić information content (AvgIpc) is 3.13. The summed E-state index contributed by atoms with van der Waals surface area (Å²) >= 11 is 20.6. The van der Waals surface area contributed by atoms with E-state index in [1.165, 1.54) is 5.56 Å². The minimum absolute atomic E-state index is 0.0677. The van der Waals surface area contributed by atoms with E-state index in [4.69, 9.17) is 34.8 Å². The fraction of sp³-hybridized carbons (Fsp3) is 0.286. The highest BCUT2D eigenvalue weighted by molar-refractivity contribution is 8.00. The third-order valence-electron chi connectivity index (χ3n) is 4.43. The summed E-state index contributed by atoms with van der Waals surface area (Å²) in [6, 6.07) is 13.7. The summed E-state index contributed by atoms with van der Waals surface area (Å²) in [7, 11) is 0. The summed E-state index contributed by atoms with van der Waals surface area (Å²) in [6.45, 7) is 3.10. The first kappa shape index (κ1) is 20.6. The lowest BCUT2D eigenvalue weighted by Gasteiger charge is -2.30. The minimum Gasteiger partial charge on any atom is -0.336 e. The lowest BCUT2D eigenvalue weighted by molar-refractivity contribution is 0.480. The molecule has 1 unspecified atom stereocenters. The largest absolute Gasteiger partial charge is 0.336 e. The van der Waals surface area contributed by atoms with Crippen molar-refractivity contribution in [2.45, 2.75) is 42.4 Å². The number of benzene rings is 2. The second-order valence-corrected chi connectivity index (χ2v) is 9.67. The Morgan fingerprint density at radius 3 is 2.37 bits per heavy atom. The van der Waals surface area contributed by atoms with Gasteiger partial charge in [-0.15, -0.1) is 11.8 Å². The molecule has 1 atom stereocenters. The Bertz CT molecular complexity index is 845. The number of aromatic nitrogens is 2. The zero-order chi connectivity index (χ0) is 19.3. The van der Waals surface area contributed by atoms with Gasteiger partial charge in [-0.25, -0.2) is 4.98 Å². The van der Waals surface area contributed by atoms with Crippen LogP contribution in [-0.2, 0) is 13.0 Å². The maximum absolute atomic E-state index is 6.43. The molecule has 0 N–H and O–H groups in total. The lowest BCUT2D eigenvalue weighted by Crippen LogP contribution is -2.27. The van der Waals surface area contributed by atoms with Gasteiger partial charge in [0.2, 0.25) is 0 Å². The van der Waals surface area contributed by atoms with Crippen LogP contribution in [0, 0.1) is 0 Å². The average molecular weight is 440 g/mol. The molecule has 1 aromatic heterocycles. The van der Waals surface area contributed by atoms with Crippen LogP contribution in [0.25, 0.3) is 0 Å². The van der Waals surface area contributed by atoms with Crippen LogP contribution in [0.3, 0.4) is 0 Å². The molecule has 27 heavy (non-hydrogen) atoms. The van der Waals surface area contributed by atoms with Gasteiger partial charge in [-0.1, -0.05) is 53.0 Å². The first-order valence-corrected chi connectivity index (χ1v) is 10.7. The molecule has 6 heteroatoms. The summed E-state index contributed by atoms with van der Waals surface area (Å²) in [5.41, 5.74) is 1.30. The molecule has 0 saturated heterocycles. The van der Waals surface area contributed by atoms with Gasteiger partial charge >= 0.3 is 0 Å². The molecule has 0 fully saturated rings. The predicted molar refractivity (Wildman–Crippen MR) is 117 cm³/mol. The van der Waals surface area contributed by atoms with Crippen LogP contribution in [0.4, 0.5) is 0 Å². The summed E-state index contributed by atoms with van der Waals surface area (Å²) in [5, 5.41) is 2.16. The van der Waals surface area contributed by atoms with Crippen LogP contribution in [0.15, 0.2) is 66.1 Å².